The Morgan fingerprint density at radius 2 is 1.79 bits per heavy atom. The van der Waals surface area contributed by atoms with Crippen molar-refractivity contribution in [3.63, 3.8) is 0 Å². The summed E-state index contributed by atoms with van der Waals surface area (Å²) in [5.74, 6) is 0.609. The molecule has 130 valence electrons. The molecule has 5 nitrogen and oxygen atoms in total. The molecule has 0 atom stereocenters. The molecule has 0 spiro atoms. The third-order valence-corrected chi connectivity index (χ3v) is 5.97. The first-order valence-corrected chi connectivity index (χ1v) is 10.1. The lowest BCUT2D eigenvalue weighted by molar-refractivity contribution is -0.109. The molecule has 0 amide bonds. The van der Waals surface area contributed by atoms with Crippen LogP contribution in [0, 0.1) is 0 Å². The third kappa shape index (κ3) is 4.49. The van der Waals surface area contributed by atoms with Gasteiger partial charge in [-0.05, 0) is 18.6 Å². The van der Waals surface area contributed by atoms with E-state index in [9.17, 15) is 13.2 Å². The minimum Gasteiger partial charge on any atom is -0.377 e. The number of hydrogen-bond donors (Lipinski definition) is 1. The molecule has 7 heteroatoms. The van der Waals surface area contributed by atoms with E-state index in [1.54, 1.807) is 12.1 Å². The van der Waals surface area contributed by atoms with Gasteiger partial charge in [0.25, 0.3) is 0 Å². The highest BCUT2D eigenvalue weighted by molar-refractivity contribution is 8.13. The SMILES string of the molecule is CC(=O)SCCCNS(=O)(=O)c1cccc2c(N(C)C)cccc12. The van der Waals surface area contributed by atoms with Gasteiger partial charge in [-0.25, -0.2) is 13.1 Å². The minimum absolute atomic E-state index is 0.0446. The number of fused-ring (bicyclic) bond motifs is 1. The van der Waals surface area contributed by atoms with E-state index in [0.29, 0.717) is 24.1 Å². The second-order valence-electron chi connectivity index (χ2n) is 5.61. The largest absolute Gasteiger partial charge is 0.377 e. The van der Waals surface area contributed by atoms with Crippen LogP contribution in [0.5, 0.6) is 0 Å². The molecule has 1 N–H and O–H groups in total. The molecule has 0 bridgehead atoms. The fourth-order valence-corrected chi connectivity index (χ4v) is 4.33. The number of rotatable bonds is 7. The molecule has 0 unspecified atom stereocenters. The van der Waals surface area contributed by atoms with Gasteiger partial charge < -0.3 is 4.90 Å². The van der Waals surface area contributed by atoms with Crippen molar-refractivity contribution in [1.29, 1.82) is 0 Å². The maximum absolute atomic E-state index is 12.6. The van der Waals surface area contributed by atoms with Gasteiger partial charge in [-0.2, -0.15) is 0 Å². The smallest absolute Gasteiger partial charge is 0.241 e. The molecule has 0 aliphatic rings. The predicted octanol–water partition coefficient (Wildman–Crippen LogP) is 2.85. The second-order valence-corrected chi connectivity index (χ2v) is 8.62. The highest BCUT2D eigenvalue weighted by Gasteiger charge is 2.17. The van der Waals surface area contributed by atoms with Crippen LogP contribution in [-0.2, 0) is 14.8 Å². The molecule has 0 aromatic heterocycles. The number of hydrogen-bond acceptors (Lipinski definition) is 5. The lowest BCUT2D eigenvalue weighted by Gasteiger charge is -2.17. The van der Waals surface area contributed by atoms with Crippen molar-refractivity contribution in [2.24, 2.45) is 0 Å². The number of carbonyl (C=O) groups excluding carboxylic acids is 1. The van der Waals surface area contributed by atoms with Crippen LogP contribution in [0.25, 0.3) is 10.8 Å². The van der Waals surface area contributed by atoms with E-state index in [4.69, 9.17) is 0 Å². The normalized spacial score (nSPS) is 11.6. The summed E-state index contributed by atoms with van der Waals surface area (Å²) >= 11 is 1.21. The van der Waals surface area contributed by atoms with Crippen LogP contribution in [-0.4, -0.2) is 39.9 Å². The molecule has 2 rings (SSSR count). The standard InChI is InChI=1S/C17H22N2O3S2/c1-13(20)23-12-6-11-18-24(21,22)17-10-5-7-14-15(17)8-4-9-16(14)19(2)3/h4-5,7-10,18H,6,11-12H2,1-3H3. The van der Waals surface area contributed by atoms with Crippen LogP contribution >= 0.6 is 11.8 Å². The average molecular weight is 367 g/mol. The monoisotopic (exact) mass is 366 g/mol. The Morgan fingerprint density at radius 1 is 1.12 bits per heavy atom. The molecule has 2 aromatic carbocycles. The quantitative estimate of drug-likeness (QED) is 0.763. The summed E-state index contributed by atoms with van der Waals surface area (Å²) < 4.78 is 27.9. The summed E-state index contributed by atoms with van der Waals surface area (Å²) in [6, 6.07) is 10.9. The Bertz CT molecular complexity index is 833. The van der Waals surface area contributed by atoms with Crippen molar-refractivity contribution in [2.75, 3.05) is 31.3 Å². The summed E-state index contributed by atoms with van der Waals surface area (Å²) in [6.45, 7) is 1.82. The molecule has 0 aliphatic heterocycles. The van der Waals surface area contributed by atoms with Crippen molar-refractivity contribution >= 4 is 43.4 Å². The number of nitrogens with one attached hydrogen (secondary N) is 1. The molecular weight excluding hydrogens is 344 g/mol. The van der Waals surface area contributed by atoms with E-state index >= 15 is 0 Å². The summed E-state index contributed by atoms with van der Waals surface area (Å²) in [5.41, 5.74) is 0.974. The molecule has 0 aliphatic carbocycles. The zero-order valence-electron chi connectivity index (χ0n) is 14.1. The van der Waals surface area contributed by atoms with Crippen LogP contribution in [0.3, 0.4) is 0 Å². The van der Waals surface area contributed by atoms with Crippen LogP contribution in [0.2, 0.25) is 0 Å². The van der Waals surface area contributed by atoms with Crippen LogP contribution in [0.15, 0.2) is 41.3 Å². The summed E-state index contributed by atoms with van der Waals surface area (Å²) in [4.78, 5) is 13.1. The third-order valence-electron chi connectivity index (χ3n) is 3.55. The number of thioether (sulfide) groups is 1. The fourth-order valence-electron chi connectivity index (χ4n) is 2.46. The van der Waals surface area contributed by atoms with Gasteiger partial charge in [-0.1, -0.05) is 36.0 Å². The number of sulfonamides is 1. The first-order valence-electron chi connectivity index (χ1n) is 7.65. The maximum atomic E-state index is 12.6. The molecular formula is C17H22N2O3S2. The fraction of sp³-hybridized carbons (Fsp3) is 0.353. The zero-order chi connectivity index (χ0) is 17.7. The van der Waals surface area contributed by atoms with Gasteiger partial charge in [0.2, 0.25) is 10.0 Å². The van der Waals surface area contributed by atoms with E-state index in [1.807, 2.05) is 43.3 Å². The van der Waals surface area contributed by atoms with Crippen LogP contribution in [0.4, 0.5) is 5.69 Å². The van der Waals surface area contributed by atoms with Crippen molar-refractivity contribution in [3.05, 3.63) is 36.4 Å². The van der Waals surface area contributed by atoms with E-state index in [1.165, 1.54) is 18.7 Å². The first-order chi connectivity index (χ1) is 11.3. The lowest BCUT2D eigenvalue weighted by Crippen LogP contribution is -2.25. The van der Waals surface area contributed by atoms with Gasteiger partial charge in [-0.15, -0.1) is 0 Å². The highest BCUT2D eigenvalue weighted by atomic mass is 32.2. The minimum atomic E-state index is -3.59. The van der Waals surface area contributed by atoms with Gasteiger partial charge >= 0.3 is 0 Å². The molecule has 24 heavy (non-hydrogen) atoms. The molecule has 0 saturated heterocycles. The number of carbonyl (C=O) groups is 1. The highest BCUT2D eigenvalue weighted by Crippen LogP contribution is 2.30. The Hall–Kier alpha value is -1.57. The number of anilines is 1. The average Bonchev–Trinajstić information content (AvgIpc) is 2.52. The first kappa shape index (κ1) is 18.8. The molecule has 2 aromatic rings. The Morgan fingerprint density at radius 3 is 2.46 bits per heavy atom. The molecule has 0 fully saturated rings. The lowest BCUT2D eigenvalue weighted by atomic mass is 10.1. The van der Waals surface area contributed by atoms with Gasteiger partial charge in [0.15, 0.2) is 5.12 Å². The number of benzene rings is 2. The van der Waals surface area contributed by atoms with Crippen molar-refractivity contribution in [1.82, 2.24) is 4.72 Å². The van der Waals surface area contributed by atoms with Gasteiger partial charge in [0, 0.05) is 49.8 Å². The Kier molecular flexibility index (Phi) is 6.26. The van der Waals surface area contributed by atoms with Crippen molar-refractivity contribution in [3.8, 4) is 0 Å². The molecule has 0 saturated carbocycles. The second kappa shape index (κ2) is 8.00. The van der Waals surface area contributed by atoms with Crippen LogP contribution < -0.4 is 9.62 Å². The van der Waals surface area contributed by atoms with E-state index in [2.05, 4.69) is 4.72 Å². The van der Waals surface area contributed by atoms with Gasteiger partial charge in [-0.3, -0.25) is 4.79 Å². The van der Waals surface area contributed by atoms with Crippen molar-refractivity contribution in [2.45, 2.75) is 18.2 Å². The molecule has 0 heterocycles. The zero-order valence-corrected chi connectivity index (χ0v) is 15.7. The van der Waals surface area contributed by atoms with Gasteiger partial charge in [0.05, 0.1) is 4.90 Å². The Labute approximate surface area is 147 Å². The van der Waals surface area contributed by atoms with Crippen LogP contribution in [0.1, 0.15) is 13.3 Å². The number of nitrogens with zero attached hydrogens (tertiary/aromatic N) is 1. The van der Waals surface area contributed by atoms with Crippen molar-refractivity contribution < 1.29 is 13.2 Å². The summed E-state index contributed by atoms with van der Waals surface area (Å²) in [7, 11) is 0.270. The summed E-state index contributed by atoms with van der Waals surface area (Å²) in [5, 5.41) is 1.65. The predicted molar refractivity (Wildman–Crippen MR) is 101 cm³/mol. The van der Waals surface area contributed by atoms with E-state index < -0.39 is 10.0 Å². The topological polar surface area (TPSA) is 66.5 Å². The van der Waals surface area contributed by atoms with E-state index in [0.717, 1.165) is 11.1 Å². The van der Waals surface area contributed by atoms with Gasteiger partial charge in [0.1, 0.15) is 0 Å². The maximum Gasteiger partial charge on any atom is 0.241 e. The summed E-state index contributed by atoms with van der Waals surface area (Å²) in [6.07, 6.45) is 0.608. The van der Waals surface area contributed by atoms with E-state index in [-0.39, 0.29) is 10.0 Å². The Balaban J connectivity index is 2.24. The molecule has 0 radical (unpaired) electrons.